The van der Waals surface area contributed by atoms with Crippen LogP contribution in [0.25, 0.3) is 0 Å². The molecular weight excluding hydrogens is 326 g/mol. The second kappa shape index (κ2) is 8.65. The van der Waals surface area contributed by atoms with Crippen molar-refractivity contribution in [3.8, 4) is 0 Å². The Labute approximate surface area is 155 Å². The number of anilines is 1. The first-order valence-corrected chi connectivity index (χ1v) is 9.01. The Bertz CT molecular complexity index is 798. The number of carbonyl (C=O) groups excluding carboxylic acids is 2. The van der Waals surface area contributed by atoms with E-state index >= 15 is 0 Å². The van der Waals surface area contributed by atoms with Crippen LogP contribution in [0.1, 0.15) is 60.2 Å². The molecule has 1 N–H and O–H groups in total. The highest BCUT2D eigenvalue weighted by Gasteiger charge is 2.20. The van der Waals surface area contributed by atoms with Crippen molar-refractivity contribution in [1.29, 1.82) is 0 Å². The Hall–Kier alpha value is -2.62. The summed E-state index contributed by atoms with van der Waals surface area (Å²) in [6.45, 7) is 9.73. The minimum absolute atomic E-state index is 0.333. The monoisotopic (exact) mass is 353 g/mol. The maximum atomic E-state index is 12.5. The fourth-order valence-corrected chi connectivity index (χ4v) is 2.65. The van der Waals surface area contributed by atoms with Crippen molar-refractivity contribution in [2.45, 2.75) is 53.1 Å². The van der Waals surface area contributed by atoms with E-state index in [9.17, 15) is 9.59 Å². The van der Waals surface area contributed by atoms with E-state index < -0.39 is 12.1 Å². The molecule has 0 fully saturated rings. The van der Waals surface area contributed by atoms with Gasteiger partial charge in [0.05, 0.1) is 5.56 Å². The lowest BCUT2D eigenvalue weighted by molar-refractivity contribution is -0.123. The molecule has 0 unspecified atom stereocenters. The number of esters is 1. The first-order chi connectivity index (χ1) is 12.3. The predicted octanol–water partition coefficient (Wildman–Crippen LogP) is 5.00. The molecule has 2 aromatic rings. The van der Waals surface area contributed by atoms with Crippen LogP contribution in [-0.2, 0) is 9.53 Å². The zero-order chi connectivity index (χ0) is 19.3. The van der Waals surface area contributed by atoms with Gasteiger partial charge in [-0.05, 0) is 68.0 Å². The van der Waals surface area contributed by atoms with E-state index in [4.69, 9.17) is 4.74 Å². The van der Waals surface area contributed by atoms with Gasteiger partial charge in [-0.15, -0.1) is 0 Å². The van der Waals surface area contributed by atoms with Crippen molar-refractivity contribution >= 4 is 17.6 Å². The van der Waals surface area contributed by atoms with Crippen LogP contribution >= 0.6 is 0 Å². The molecule has 0 aliphatic carbocycles. The molecule has 0 spiro atoms. The fourth-order valence-electron chi connectivity index (χ4n) is 2.65. The van der Waals surface area contributed by atoms with Crippen LogP contribution in [0.2, 0.25) is 0 Å². The summed E-state index contributed by atoms with van der Waals surface area (Å²) in [5, 5.41) is 2.89. The third-order valence-electron chi connectivity index (χ3n) is 4.76. The highest BCUT2D eigenvalue weighted by Crippen LogP contribution is 2.26. The quantitative estimate of drug-likeness (QED) is 0.744. The number of hydrogen-bond acceptors (Lipinski definition) is 3. The summed E-state index contributed by atoms with van der Waals surface area (Å²) >= 11 is 0. The zero-order valence-corrected chi connectivity index (χ0v) is 16.1. The van der Waals surface area contributed by atoms with Crippen molar-refractivity contribution in [3.63, 3.8) is 0 Å². The Balaban J connectivity index is 2.06. The number of aryl methyl sites for hydroxylation is 2. The van der Waals surface area contributed by atoms with Crippen LogP contribution in [0.15, 0.2) is 42.5 Å². The zero-order valence-electron chi connectivity index (χ0n) is 16.1. The van der Waals surface area contributed by atoms with E-state index in [0.29, 0.717) is 11.5 Å². The molecule has 0 aromatic heterocycles. The van der Waals surface area contributed by atoms with Gasteiger partial charge in [0.2, 0.25) is 0 Å². The van der Waals surface area contributed by atoms with E-state index in [-0.39, 0.29) is 5.91 Å². The molecule has 138 valence electrons. The minimum Gasteiger partial charge on any atom is -0.449 e. The molecule has 0 saturated heterocycles. The molecule has 0 aliphatic heterocycles. The molecule has 2 atom stereocenters. The number of ether oxygens (including phenoxy) is 1. The highest BCUT2D eigenvalue weighted by molar-refractivity contribution is 5.97. The predicted molar refractivity (Wildman–Crippen MR) is 105 cm³/mol. The normalized spacial score (nSPS) is 13.0. The maximum Gasteiger partial charge on any atom is 0.338 e. The molecule has 2 aromatic carbocycles. The summed E-state index contributed by atoms with van der Waals surface area (Å²) < 4.78 is 5.34. The lowest BCUT2D eigenvalue weighted by Crippen LogP contribution is -2.30. The van der Waals surface area contributed by atoms with E-state index in [1.165, 1.54) is 0 Å². The van der Waals surface area contributed by atoms with Crippen LogP contribution in [0.4, 0.5) is 5.69 Å². The van der Waals surface area contributed by atoms with Crippen molar-refractivity contribution in [3.05, 3.63) is 64.7 Å². The number of benzene rings is 2. The van der Waals surface area contributed by atoms with Crippen LogP contribution in [0, 0.1) is 13.8 Å². The molecule has 4 nitrogen and oxygen atoms in total. The summed E-state index contributed by atoms with van der Waals surface area (Å²) in [7, 11) is 0. The van der Waals surface area contributed by atoms with Crippen molar-refractivity contribution in [2.24, 2.45) is 0 Å². The molecule has 2 rings (SSSR count). The van der Waals surface area contributed by atoms with Crippen LogP contribution in [0.5, 0.6) is 0 Å². The van der Waals surface area contributed by atoms with E-state index in [1.54, 1.807) is 19.1 Å². The molecule has 0 heterocycles. The third kappa shape index (κ3) is 4.72. The fraction of sp³-hybridized carbons (Fsp3) is 0.364. The summed E-state index contributed by atoms with van der Waals surface area (Å²) in [5.41, 5.74) is 4.41. The second-order valence-corrected chi connectivity index (χ2v) is 6.73. The number of rotatable bonds is 6. The molecule has 0 aliphatic rings. The SMILES string of the molecule is CC[C@H](C)c1ccccc1NC(=O)[C@H](C)OC(=O)c1ccc(C)c(C)c1. The topological polar surface area (TPSA) is 55.4 Å². The van der Waals surface area contributed by atoms with Crippen LogP contribution < -0.4 is 5.32 Å². The Kier molecular flexibility index (Phi) is 6.56. The Morgan fingerprint density at radius 1 is 1.04 bits per heavy atom. The second-order valence-electron chi connectivity index (χ2n) is 6.73. The highest BCUT2D eigenvalue weighted by atomic mass is 16.5. The molecule has 0 radical (unpaired) electrons. The number of para-hydroxylation sites is 1. The third-order valence-corrected chi connectivity index (χ3v) is 4.76. The molecule has 4 heteroatoms. The van der Waals surface area contributed by atoms with Gasteiger partial charge in [-0.1, -0.05) is 38.1 Å². The molecular formula is C22H27NO3. The molecule has 1 amide bonds. The number of nitrogens with one attached hydrogen (secondary N) is 1. The van der Waals surface area contributed by atoms with E-state index in [0.717, 1.165) is 28.8 Å². The van der Waals surface area contributed by atoms with Gasteiger partial charge in [-0.3, -0.25) is 4.79 Å². The summed E-state index contributed by atoms with van der Waals surface area (Å²) in [6, 6.07) is 13.1. The van der Waals surface area contributed by atoms with Gasteiger partial charge in [-0.25, -0.2) is 4.79 Å². The largest absolute Gasteiger partial charge is 0.449 e. The smallest absolute Gasteiger partial charge is 0.338 e. The van der Waals surface area contributed by atoms with Gasteiger partial charge in [-0.2, -0.15) is 0 Å². The lowest BCUT2D eigenvalue weighted by atomic mass is 9.97. The Morgan fingerprint density at radius 2 is 1.73 bits per heavy atom. The van der Waals surface area contributed by atoms with Crippen molar-refractivity contribution in [2.75, 3.05) is 5.32 Å². The Morgan fingerprint density at radius 3 is 2.38 bits per heavy atom. The number of amides is 1. The summed E-state index contributed by atoms with van der Waals surface area (Å²) in [4.78, 5) is 24.8. The average molecular weight is 353 g/mol. The first kappa shape index (κ1) is 19.7. The van der Waals surface area contributed by atoms with Crippen LogP contribution in [-0.4, -0.2) is 18.0 Å². The summed E-state index contributed by atoms with van der Waals surface area (Å²) in [6.07, 6.45) is 0.0959. The van der Waals surface area contributed by atoms with E-state index in [2.05, 4.69) is 19.2 Å². The standard InChI is InChI=1S/C22H27NO3/c1-6-14(2)19-9-7-8-10-20(19)23-21(24)17(5)26-22(25)18-12-11-15(3)16(4)13-18/h7-14,17H,6H2,1-5H3,(H,23,24)/t14-,17-/m0/s1. The maximum absolute atomic E-state index is 12.5. The van der Waals surface area contributed by atoms with Gasteiger partial charge < -0.3 is 10.1 Å². The summed E-state index contributed by atoms with van der Waals surface area (Å²) in [5.74, 6) is -0.496. The lowest BCUT2D eigenvalue weighted by Gasteiger charge is -2.18. The molecule has 0 bridgehead atoms. The van der Waals surface area contributed by atoms with Gasteiger partial charge in [0, 0.05) is 5.69 Å². The van der Waals surface area contributed by atoms with Gasteiger partial charge in [0.15, 0.2) is 6.10 Å². The van der Waals surface area contributed by atoms with Crippen molar-refractivity contribution < 1.29 is 14.3 Å². The number of hydrogen-bond donors (Lipinski definition) is 1. The average Bonchev–Trinajstić information content (AvgIpc) is 2.63. The van der Waals surface area contributed by atoms with Gasteiger partial charge >= 0.3 is 5.97 Å². The minimum atomic E-state index is -0.880. The molecule has 0 saturated carbocycles. The molecule has 26 heavy (non-hydrogen) atoms. The van der Waals surface area contributed by atoms with Crippen LogP contribution in [0.3, 0.4) is 0 Å². The van der Waals surface area contributed by atoms with Crippen molar-refractivity contribution in [1.82, 2.24) is 0 Å². The number of carbonyl (C=O) groups is 2. The van der Waals surface area contributed by atoms with E-state index in [1.807, 2.05) is 44.2 Å². The van der Waals surface area contributed by atoms with Gasteiger partial charge in [0.1, 0.15) is 0 Å². The van der Waals surface area contributed by atoms with Gasteiger partial charge in [0.25, 0.3) is 5.91 Å². The first-order valence-electron chi connectivity index (χ1n) is 9.01.